The SMILES string of the molecule is COCCOCCOCC(=O)Oc1ccc2c3c1O[C@H]1[C@]4(OC)CC[C@@]5(C[C@@H]4[C@](C)(O)C(C)(C)C)[C@@H](C2)N(CC2CC2)CC[C@]315. The summed E-state index contributed by atoms with van der Waals surface area (Å²) in [7, 11) is 3.44. The Bertz CT molecular complexity index is 1300. The van der Waals surface area contributed by atoms with E-state index < -0.39 is 17.2 Å². The largest absolute Gasteiger partial charge is 0.482 e. The Balaban J connectivity index is 1.24. The molecular weight excluding hydrogens is 574 g/mol. The lowest BCUT2D eigenvalue weighted by Crippen LogP contribution is -2.83. The van der Waals surface area contributed by atoms with Crippen LogP contribution in [0.3, 0.4) is 0 Å². The Morgan fingerprint density at radius 1 is 1.04 bits per heavy atom. The van der Waals surface area contributed by atoms with Crippen LogP contribution in [0.25, 0.3) is 0 Å². The molecule has 45 heavy (non-hydrogen) atoms. The van der Waals surface area contributed by atoms with Crippen LogP contribution in [0, 0.1) is 22.7 Å². The van der Waals surface area contributed by atoms with E-state index in [2.05, 4.69) is 31.7 Å². The average Bonchev–Trinajstić information content (AvgIpc) is 3.75. The first-order chi connectivity index (χ1) is 21.4. The number of piperidine rings is 1. The van der Waals surface area contributed by atoms with Gasteiger partial charge < -0.3 is 33.5 Å². The molecular formula is C36H53NO8. The summed E-state index contributed by atoms with van der Waals surface area (Å²) in [6.45, 7) is 12.2. The first kappa shape index (κ1) is 31.8. The molecule has 2 heterocycles. The summed E-state index contributed by atoms with van der Waals surface area (Å²) in [6.07, 6.45) is 7.14. The van der Waals surface area contributed by atoms with Crippen molar-refractivity contribution in [3.8, 4) is 11.5 Å². The highest BCUT2D eigenvalue weighted by atomic mass is 16.6. The first-order valence-electron chi connectivity index (χ1n) is 17.1. The fourth-order valence-corrected chi connectivity index (χ4v) is 10.3. The zero-order valence-electron chi connectivity index (χ0n) is 28.1. The van der Waals surface area contributed by atoms with Gasteiger partial charge in [-0.3, -0.25) is 4.90 Å². The highest BCUT2D eigenvalue weighted by Crippen LogP contribution is 2.78. The number of esters is 1. The number of methoxy groups -OCH3 is 2. The van der Waals surface area contributed by atoms with Gasteiger partial charge in [-0.15, -0.1) is 0 Å². The van der Waals surface area contributed by atoms with Crippen molar-refractivity contribution >= 4 is 5.97 Å². The molecule has 1 aromatic carbocycles. The third-order valence-electron chi connectivity index (χ3n) is 13.1. The predicted octanol–water partition coefficient (Wildman–Crippen LogP) is 4.29. The highest BCUT2D eigenvalue weighted by molar-refractivity contribution is 5.76. The minimum atomic E-state index is -0.980. The van der Waals surface area contributed by atoms with Crippen LogP contribution in [0.4, 0.5) is 0 Å². The molecule has 0 aromatic heterocycles. The molecule has 1 saturated heterocycles. The number of nitrogens with zero attached hydrogens (tertiary/aromatic N) is 1. The summed E-state index contributed by atoms with van der Waals surface area (Å²) in [5.41, 5.74) is 0.242. The highest BCUT2D eigenvalue weighted by Gasteiger charge is 2.82. The molecule has 9 nitrogen and oxygen atoms in total. The molecule has 4 bridgehead atoms. The Morgan fingerprint density at radius 2 is 1.80 bits per heavy atom. The number of ether oxygens (including phenoxy) is 6. The van der Waals surface area contributed by atoms with E-state index in [-0.39, 0.29) is 34.9 Å². The Hall–Kier alpha value is -1.75. The number of fused-ring (bicyclic) bond motifs is 2. The maximum absolute atomic E-state index is 13.0. The molecule has 5 fully saturated rings. The molecule has 0 amide bonds. The normalized spacial score (nSPS) is 35.9. The fourth-order valence-electron chi connectivity index (χ4n) is 10.3. The van der Waals surface area contributed by atoms with E-state index in [1.54, 1.807) is 7.11 Å². The molecule has 7 atom stereocenters. The Morgan fingerprint density at radius 3 is 2.51 bits per heavy atom. The molecule has 0 unspecified atom stereocenters. The molecule has 2 aliphatic heterocycles. The van der Waals surface area contributed by atoms with Gasteiger partial charge in [-0.1, -0.05) is 26.8 Å². The summed E-state index contributed by atoms with van der Waals surface area (Å²) in [6, 6.07) is 4.47. The van der Waals surface area contributed by atoms with Crippen LogP contribution >= 0.6 is 0 Å². The van der Waals surface area contributed by atoms with E-state index in [9.17, 15) is 9.90 Å². The van der Waals surface area contributed by atoms with Gasteiger partial charge in [0, 0.05) is 49.1 Å². The quantitative estimate of drug-likeness (QED) is 0.195. The van der Waals surface area contributed by atoms with Crippen LogP contribution in [-0.2, 0) is 35.6 Å². The topological polar surface area (TPSA) is 95.9 Å². The maximum atomic E-state index is 13.0. The van der Waals surface area contributed by atoms with Gasteiger partial charge in [0.05, 0.1) is 32.0 Å². The lowest BCUT2D eigenvalue weighted by atomic mass is 9.33. The molecule has 0 radical (unpaired) electrons. The van der Waals surface area contributed by atoms with Gasteiger partial charge in [0.25, 0.3) is 0 Å². The van der Waals surface area contributed by atoms with Gasteiger partial charge in [0.1, 0.15) is 18.3 Å². The third-order valence-corrected chi connectivity index (χ3v) is 13.1. The second-order valence-corrected chi connectivity index (χ2v) is 15.9. The number of hydrogen-bond donors (Lipinski definition) is 1. The van der Waals surface area contributed by atoms with Crippen molar-refractivity contribution < 1.29 is 38.3 Å². The van der Waals surface area contributed by atoms with Gasteiger partial charge in [0.2, 0.25) is 0 Å². The number of carbonyl (C=O) groups is 1. The van der Waals surface area contributed by atoms with E-state index in [1.807, 2.05) is 20.1 Å². The zero-order chi connectivity index (χ0) is 31.8. The van der Waals surface area contributed by atoms with Crippen LogP contribution in [-0.4, -0.2) is 99.7 Å². The smallest absolute Gasteiger partial charge is 0.337 e. The van der Waals surface area contributed by atoms with Gasteiger partial charge in [0.15, 0.2) is 11.5 Å². The van der Waals surface area contributed by atoms with E-state index in [0.29, 0.717) is 44.0 Å². The molecule has 1 N–H and O–H groups in total. The minimum absolute atomic E-state index is 0.0577. The number of benzene rings is 1. The summed E-state index contributed by atoms with van der Waals surface area (Å²) in [5, 5.41) is 12.4. The average molecular weight is 628 g/mol. The van der Waals surface area contributed by atoms with E-state index >= 15 is 0 Å². The van der Waals surface area contributed by atoms with Gasteiger partial charge in [-0.05, 0) is 81.4 Å². The van der Waals surface area contributed by atoms with Gasteiger partial charge in [-0.25, -0.2) is 4.79 Å². The van der Waals surface area contributed by atoms with Crippen LogP contribution in [0.15, 0.2) is 12.1 Å². The predicted molar refractivity (Wildman–Crippen MR) is 168 cm³/mol. The summed E-state index contributed by atoms with van der Waals surface area (Å²) < 4.78 is 35.8. The van der Waals surface area contributed by atoms with Crippen molar-refractivity contribution in [2.24, 2.45) is 22.7 Å². The fraction of sp³-hybridized carbons (Fsp3) is 0.806. The standard InChI is InChI=1S/C36H53NO8/c1-32(2,3)33(4,39)26-20-34-11-12-36(26,41-6)31-35(34)13-14-37(21-23-7-8-23)27(34)19-24-9-10-25(30(45-31)29(24)35)44-28(38)22-43-18-17-42-16-15-40-5/h9-10,23,26-27,31,39H,7-8,11-22H2,1-6H3/t26-,27-,31-,33+,34-,35+,36+/m1/s1. The number of hydrogen-bond acceptors (Lipinski definition) is 9. The van der Waals surface area contributed by atoms with Crippen molar-refractivity contribution in [2.75, 3.05) is 60.3 Å². The van der Waals surface area contributed by atoms with E-state index in [0.717, 1.165) is 44.6 Å². The lowest BCUT2D eigenvalue weighted by Gasteiger charge is -2.75. The van der Waals surface area contributed by atoms with Crippen molar-refractivity contribution in [1.29, 1.82) is 0 Å². The molecule has 8 rings (SSSR count). The molecule has 5 aliphatic carbocycles. The monoisotopic (exact) mass is 627 g/mol. The maximum Gasteiger partial charge on any atom is 0.337 e. The molecule has 1 aromatic rings. The van der Waals surface area contributed by atoms with Gasteiger partial charge >= 0.3 is 5.97 Å². The molecule has 9 heteroatoms. The Kier molecular flexibility index (Phi) is 7.90. The zero-order valence-corrected chi connectivity index (χ0v) is 28.1. The molecule has 4 saturated carbocycles. The number of likely N-dealkylation sites (tertiary alicyclic amines) is 1. The van der Waals surface area contributed by atoms with Crippen LogP contribution < -0.4 is 9.47 Å². The summed E-state index contributed by atoms with van der Waals surface area (Å²) >= 11 is 0. The van der Waals surface area contributed by atoms with Crippen molar-refractivity contribution in [2.45, 2.75) is 101 Å². The third kappa shape index (κ3) is 4.58. The van der Waals surface area contributed by atoms with Crippen LogP contribution in [0.5, 0.6) is 11.5 Å². The van der Waals surface area contributed by atoms with Crippen molar-refractivity contribution in [3.63, 3.8) is 0 Å². The number of carbonyl (C=O) groups excluding carboxylic acids is 1. The molecule has 7 aliphatic rings. The Labute approximate surface area is 268 Å². The number of rotatable bonds is 13. The van der Waals surface area contributed by atoms with Crippen LogP contribution in [0.2, 0.25) is 0 Å². The second-order valence-electron chi connectivity index (χ2n) is 15.9. The van der Waals surface area contributed by atoms with Crippen molar-refractivity contribution in [3.05, 3.63) is 23.3 Å². The number of aliphatic hydroxyl groups is 1. The summed E-state index contributed by atoms with van der Waals surface area (Å²) in [5.74, 6) is 1.40. The summed E-state index contributed by atoms with van der Waals surface area (Å²) in [4.78, 5) is 15.8. The van der Waals surface area contributed by atoms with Crippen molar-refractivity contribution in [1.82, 2.24) is 4.90 Å². The van der Waals surface area contributed by atoms with E-state index in [4.69, 9.17) is 28.4 Å². The second kappa shape index (κ2) is 11.2. The van der Waals surface area contributed by atoms with Crippen LogP contribution in [0.1, 0.15) is 77.3 Å². The lowest BCUT2D eigenvalue weighted by molar-refractivity contribution is -0.312. The van der Waals surface area contributed by atoms with E-state index in [1.165, 1.54) is 30.5 Å². The first-order valence-corrected chi connectivity index (χ1v) is 17.1. The van der Waals surface area contributed by atoms with Gasteiger partial charge in [-0.2, -0.15) is 0 Å². The molecule has 250 valence electrons. The molecule has 2 spiro atoms. The minimum Gasteiger partial charge on any atom is -0.482 e.